The van der Waals surface area contributed by atoms with E-state index in [1.54, 1.807) is 0 Å². The lowest BCUT2D eigenvalue weighted by Gasteiger charge is -2.48. The Morgan fingerprint density at radius 1 is 0.727 bits per heavy atom. The van der Waals surface area contributed by atoms with Crippen LogP contribution in [0.15, 0.2) is 0 Å². The molecular formula is C21H37O12+. The van der Waals surface area contributed by atoms with Gasteiger partial charge >= 0.3 is 0 Å². The molecule has 2 saturated carbocycles. The second kappa shape index (κ2) is 10.2. The molecule has 0 aromatic rings. The molecule has 0 radical (unpaired) electrons. The van der Waals surface area contributed by atoms with Gasteiger partial charge in [0.15, 0.2) is 18.5 Å². The van der Waals surface area contributed by atoms with Crippen LogP contribution in [0.1, 0.15) is 32.1 Å². The van der Waals surface area contributed by atoms with Crippen molar-refractivity contribution >= 4 is 0 Å². The number of hydrogen-bond acceptors (Lipinski definition) is 11. The number of hydrogen-bond donors (Lipinski definition) is 9. The highest BCUT2D eigenvalue weighted by Crippen LogP contribution is 2.42. The van der Waals surface area contributed by atoms with Crippen LogP contribution in [0.5, 0.6) is 0 Å². The molecule has 10 N–H and O–H groups in total. The van der Waals surface area contributed by atoms with Crippen molar-refractivity contribution in [2.75, 3.05) is 6.61 Å². The maximum Gasteiger partial charge on any atom is 0.187 e. The molecule has 12 heteroatoms. The van der Waals surface area contributed by atoms with Crippen LogP contribution in [0.2, 0.25) is 0 Å². The standard InChI is InChI=1S/C21H36O12/c22-6-15-17(28)18(29)19(30)21(33-15)32-14-5-9-10(24)3-8(23)4-13(9)31-20(14)7-1-11(25)16(27)12(26)2-7/h7-30H,1-6H2/p+1/t7?,8?,9?,10?,11?,12?,13?,14?,15-,16?,17-,18+,19-,20?,21+/m1/s1. The highest BCUT2D eigenvalue weighted by Gasteiger charge is 2.55. The van der Waals surface area contributed by atoms with Crippen molar-refractivity contribution in [2.45, 2.75) is 112 Å². The van der Waals surface area contributed by atoms with Crippen LogP contribution >= 0.6 is 0 Å². The largest absolute Gasteiger partial charge is 0.427 e. The highest BCUT2D eigenvalue weighted by molar-refractivity contribution is 4.99. The second-order valence-corrected chi connectivity index (χ2v) is 10.0. The van der Waals surface area contributed by atoms with Gasteiger partial charge in [-0.25, -0.2) is 0 Å². The van der Waals surface area contributed by atoms with E-state index in [-0.39, 0.29) is 37.7 Å². The van der Waals surface area contributed by atoms with Gasteiger partial charge in [0.2, 0.25) is 0 Å². The van der Waals surface area contributed by atoms with Crippen molar-refractivity contribution in [3.05, 3.63) is 0 Å². The molecule has 2 aliphatic heterocycles. The fourth-order valence-electron chi connectivity index (χ4n) is 5.91. The van der Waals surface area contributed by atoms with Crippen LogP contribution in [0.3, 0.4) is 0 Å². The smallest absolute Gasteiger partial charge is 0.187 e. The molecule has 2 saturated heterocycles. The summed E-state index contributed by atoms with van der Waals surface area (Å²) in [5, 5.41) is 91.1. The lowest BCUT2D eigenvalue weighted by Crippen LogP contribution is -2.63. The summed E-state index contributed by atoms with van der Waals surface area (Å²) in [6.45, 7) is -0.608. The van der Waals surface area contributed by atoms with E-state index in [9.17, 15) is 46.0 Å². The molecule has 33 heavy (non-hydrogen) atoms. The summed E-state index contributed by atoms with van der Waals surface area (Å²) in [5.74, 6) is -0.728. The molecule has 8 unspecified atom stereocenters. The van der Waals surface area contributed by atoms with Crippen molar-refractivity contribution < 1.29 is 60.2 Å². The lowest BCUT2D eigenvalue weighted by atomic mass is 9.72. The fourth-order valence-corrected chi connectivity index (χ4v) is 5.91. The number of fused-ring (bicyclic) bond motifs is 1. The van der Waals surface area contributed by atoms with Gasteiger partial charge in [-0.05, 0) is 19.3 Å². The van der Waals surface area contributed by atoms with Crippen LogP contribution in [0, 0.1) is 11.8 Å². The van der Waals surface area contributed by atoms with E-state index in [1.807, 2.05) is 0 Å². The van der Waals surface area contributed by atoms with Crippen molar-refractivity contribution in [2.24, 2.45) is 11.8 Å². The highest BCUT2D eigenvalue weighted by atomic mass is 16.7. The molecule has 13 atom stereocenters. The summed E-state index contributed by atoms with van der Waals surface area (Å²) in [6.07, 6.45) is -13.1. The first kappa shape index (κ1) is 25.6. The minimum absolute atomic E-state index is 0.142. The molecule has 0 aromatic heterocycles. The molecule has 0 spiro atoms. The fraction of sp³-hybridized carbons (Fsp3) is 1.00. The molecule has 4 rings (SSSR count). The zero-order valence-corrected chi connectivity index (χ0v) is 18.2. The number of aliphatic hydroxyl groups excluding tert-OH is 9. The van der Waals surface area contributed by atoms with Gasteiger partial charge in [-0.3, -0.25) is 0 Å². The topological polar surface area (TPSA) is 213 Å². The molecule has 4 fully saturated rings. The first-order chi connectivity index (χ1) is 15.6. The van der Waals surface area contributed by atoms with Gasteiger partial charge < -0.3 is 60.2 Å². The Balaban J connectivity index is 1.56. The Hall–Kier alpha value is -0.480. The van der Waals surface area contributed by atoms with E-state index in [0.717, 1.165) is 0 Å². The molecule has 192 valence electrons. The number of aliphatic hydroxyl groups is 11. The van der Waals surface area contributed by atoms with Gasteiger partial charge in [0, 0.05) is 18.8 Å². The predicted molar refractivity (Wildman–Crippen MR) is 109 cm³/mol. The average Bonchev–Trinajstić information content (AvgIpc) is 2.77. The summed E-state index contributed by atoms with van der Waals surface area (Å²) < 4.78 is 16.3. The quantitative estimate of drug-likeness (QED) is 0.174. The first-order valence-electron chi connectivity index (χ1n) is 11.7. The molecule has 12 nitrogen and oxygen atoms in total. The zero-order valence-electron chi connectivity index (χ0n) is 18.2. The minimum Gasteiger partial charge on any atom is -0.427 e. The van der Waals surface area contributed by atoms with E-state index in [4.69, 9.17) is 14.2 Å². The third kappa shape index (κ3) is 5.08. The van der Waals surface area contributed by atoms with E-state index in [2.05, 4.69) is 0 Å². The Morgan fingerprint density at radius 3 is 2.03 bits per heavy atom. The zero-order chi connectivity index (χ0) is 24.0. The van der Waals surface area contributed by atoms with Crippen LogP contribution < -0.4 is 0 Å². The van der Waals surface area contributed by atoms with Gasteiger partial charge in [-0.2, -0.15) is 0 Å². The first-order valence-corrected chi connectivity index (χ1v) is 11.7. The molecule has 4 aliphatic rings. The molecule has 2 aliphatic carbocycles. The Bertz CT molecular complexity index is 639. The molecule has 0 bridgehead atoms. The van der Waals surface area contributed by atoms with Crippen molar-refractivity contribution in [3.63, 3.8) is 0 Å². The van der Waals surface area contributed by atoms with Crippen LogP contribution in [0.25, 0.3) is 0 Å². The molecule has 0 amide bonds. The maximum absolute atomic E-state index is 10.5. The van der Waals surface area contributed by atoms with E-state index >= 15 is 0 Å². The molecule has 2 heterocycles. The Kier molecular flexibility index (Phi) is 7.95. The normalized spacial score (nSPS) is 55.7. The van der Waals surface area contributed by atoms with Crippen molar-refractivity contribution in [1.29, 1.82) is 0 Å². The van der Waals surface area contributed by atoms with E-state index in [1.165, 1.54) is 0 Å². The van der Waals surface area contributed by atoms with Crippen LogP contribution in [-0.2, 0) is 9.47 Å². The summed E-state index contributed by atoms with van der Waals surface area (Å²) >= 11 is 0. The molecule has 0 aromatic carbocycles. The van der Waals surface area contributed by atoms with Gasteiger partial charge in [0.05, 0.1) is 36.9 Å². The Morgan fingerprint density at radius 2 is 1.39 bits per heavy atom. The lowest BCUT2D eigenvalue weighted by molar-refractivity contribution is -0.357. The summed E-state index contributed by atoms with van der Waals surface area (Å²) in [4.78, 5) is 0. The van der Waals surface area contributed by atoms with Crippen LogP contribution in [0.4, 0.5) is 0 Å². The molecular weight excluding hydrogens is 444 g/mol. The summed E-state index contributed by atoms with van der Waals surface area (Å²) in [7, 11) is 0. The maximum atomic E-state index is 10.5. The van der Waals surface area contributed by atoms with Crippen molar-refractivity contribution in [3.8, 4) is 0 Å². The number of rotatable bonds is 4. The summed E-state index contributed by atoms with van der Waals surface area (Å²) in [5.41, 5.74) is 0. The minimum atomic E-state index is -1.61. The third-order valence-corrected chi connectivity index (χ3v) is 7.78. The monoisotopic (exact) mass is 481 g/mol. The summed E-state index contributed by atoms with van der Waals surface area (Å²) in [6, 6.07) is 0. The van der Waals surface area contributed by atoms with E-state index in [0.29, 0.717) is 6.42 Å². The third-order valence-electron chi connectivity index (χ3n) is 7.78. The van der Waals surface area contributed by atoms with E-state index < -0.39 is 86.0 Å². The average molecular weight is 482 g/mol. The van der Waals surface area contributed by atoms with Gasteiger partial charge in [0.25, 0.3) is 0 Å². The van der Waals surface area contributed by atoms with Gasteiger partial charge in [-0.15, -0.1) is 0 Å². The Labute approximate surface area is 191 Å². The van der Waals surface area contributed by atoms with Crippen molar-refractivity contribution in [1.82, 2.24) is 0 Å². The van der Waals surface area contributed by atoms with Gasteiger partial charge in [-0.1, -0.05) is 0 Å². The second-order valence-electron chi connectivity index (χ2n) is 10.0. The number of ether oxygens (including phenoxy) is 3. The SMILES string of the molecule is OC[C@H]1O[C@H](OC2CC3C(O)CC(O)CC3[OH+]C2C2CC(O)C(O)C(O)C2)[C@H](O)[C@@H](O)[C@@H]1O. The van der Waals surface area contributed by atoms with Gasteiger partial charge in [0.1, 0.15) is 36.6 Å². The predicted octanol–water partition coefficient (Wildman–Crippen LogP) is -4.54. The van der Waals surface area contributed by atoms with Crippen LogP contribution in [-0.4, -0.2) is 137 Å².